The summed E-state index contributed by atoms with van der Waals surface area (Å²) in [7, 11) is 0. The van der Waals surface area contributed by atoms with Crippen molar-refractivity contribution in [2.45, 2.75) is 19.4 Å². The largest absolute Gasteiger partial charge is 0.367 e. The molecule has 1 aliphatic heterocycles. The minimum absolute atomic E-state index is 0.485. The first-order valence-electron chi connectivity index (χ1n) is 5.05. The van der Waals surface area contributed by atoms with Crippen LogP contribution in [0.3, 0.4) is 0 Å². The van der Waals surface area contributed by atoms with Gasteiger partial charge in [-0.05, 0) is 24.5 Å². The van der Waals surface area contributed by atoms with Gasteiger partial charge in [-0.3, -0.25) is 4.98 Å². The van der Waals surface area contributed by atoms with Crippen LogP contribution in [0.5, 0.6) is 0 Å². The van der Waals surface area contributed by atoms with Crippen molar-refractivity contribution in [3.05, 3.63) is 24.5 Å². The number of alkyl halides is 1. The number of halogens is 1. The molecule has 0 saturated carbocycles. The van der Waals surface area contributed by atoms with Crippen molar-refractivity contribution in [2.75, 3.05) is 17.3 Å². The SMILES string of the molecule is CC1CCN(c2ccncc2)C1CCl. The minimum atomic E-state index is 0.485. The predicted octanol–water partition coefficient (Wildman–Crippen LogP) is 2.54. The molecule has 1 aliphatic rings. The van der Waals surface area contributed by atoms with E-state index in [0.29, 0.717) is 17.8 Å². The summed E-state index contributed by atoms with van der Waals surface area (Å²) in [6, 6.07) is 4.59. The van der Waals surface area contributed by atoms with Crippen LogP contribution < -0.4 is 4.90 Å². The molecular formula is C11H15ClN2. The lowest BCUT2D eigenvalue weighted by molar-refractivity contribution is 0.550. The van der Waals surface area contributed by atoms with Gasteiger partial charge in [0.05, 0.1) is 0 Å². The standard InChI is InChI=1S/C11H15ClN2/c1-9-4-7-14(11(9)8-12)10-2-5-13-6-3-10/h2-3,5-6,9,11H,4,7-8H2,1H3. The molecule has 76 valence electrons. The fourth-order valence-corrected chi connectivity index (χ4v) is 2.57. The zero-order valence-electron chi connectivity index (χ0n) is 8.36. The zero-order valence-corrected chi connectivity index (χ0v) is 9.11. The molecule has 2 nitrogen and oxygen atoms in total. The van der Waals surface area contributed by atoms with E-state index in [4.69, 9.17) is 11.6 Å². The Kier molecular flexibility index (Phi) is 2.92. The first kappa shape index (κ1) is 9.78. The van der Waals surface area contributed by atoms with Crippen LogP contribution >= 0.6 is 11.6 Å². The van der Waals surface area contributed by atoms with Crippen molar-refractivity contribution >= 4 is 17.3 Å². The van der Waals surface area contributed by atoms with Crippen LogP contribution in [-0.2, 0) is 0 Å². The molecule has 0 N–H and O–H groups in total. The molecule has 2 heterocycles. The lowest BCUT2D eigenvalue weighted by atomic mass is 10.0. The molecule has 2 rings (SSSR count). The third-order valence-electron chi connectivity index (χ3n) is 3.03. The van der Waals surface area contributed by atoms with Crippen LogP contribution in [0.2, 0.25) is 0 Å². The second-order valence-corrected chi connectivity index (χ2v) is 4.20. The molecule has 0 aromatic carbocycles. The van der Waals surface area contributed by atoms with Crippen molar-refractivity contribution in [3.63, 3.8) is 0 Å². The second kappa shape index (κ2) is 4.18. The molecular weight excluding hydrogens is 196 g/mol. The van der Waals surface area contributed by atoms with Gasteiger partial charge in [0.1, 0.15) is 0 Å². The van der Waals surface area contributed by atoms with E-state index in [1.807, 2.05) is 12.4 Å². The monoisotopic (exact) mass is 210 g/mol. The second-order valence-electron chi connectivity index (χ2n) is 3.89. The highest BCUT2D eigenvalue weighted by atomic mass is 35.5. The maximum absolute atomic E-state index is 5.99. The van der Waals surface area contributed by atoms with Crippen LogP contribution in [0.15, 0.2) is 24.5 Å². The van der Waals surface area contributed by atoms with Crippen LogP contribution in [0.25, 0.3) is 0 Å². The Balaban J connectivity index is 2.19. The van der Waals surface area contributed by atoms with E-state index in [2.05, 4.69) is 28.9 Å². The van der Waals surface area contributed by atoms with E-state index in [1.54, 1.807) is 0 Å². The van der Waals surface area contributed by atoms with Crippen LogP contribution in [0, 0.1) is 5.92 Å². The van der Waals surface area contributed by atoms with Gasteiger partial charge in [-0.15, -0.1) is 11.6 Å². The van der Waals surface area contributed by atoms with E-state index >= 15 is 0 Å². The van der Waals surface area contributed by atoms with Gasteiger partial charge in [-0.1, -0.05) is 6.92 Å². The quantitative estimate of drug-likeness (QED) is 0.698. The Morgan fingerprint density at radius 2 is 2.21 bits per heavy atom. The normalized spacial score (nSPS) is 26.9. The van der Waals surface area contributed by atoms with Crippen molar-refractivity contribution in [1.29, 1.82) is 0 Å². The smallest absolute Gasteiger partial charge is 0.0451 e. The fraction of sp³-hybridized carbons (Fsp3) is 0.545. The van der Waals surface area contributed by atoms with E-state index < -0.39 is 0 Å². The minimum Gasteiger partial charge on any atom is -0.367 e. The topological polar surface area (TPSA) is 16.1 Å². The van der Waals surface area contributed by atoms with Crippen molar-refractivity contribution in [2.24, 2.45) is 5.92 Å². The van der Waals surface area contributed by atoms with Crippen molar-refractivity contribution in [1.82, 2.24) is 4.98 Å². The first-order chi connectivity index (χ1) is 6.83. The average molecular weight is 211 g/mol. The number of rotatable bonds is 2. The lowest BCUT2D eigenvalue weighted by Gasteiger charge is -2.26. The number of anilines is 1. The molecule has 0 aliphatic carbocycles. The maximum atomic E-state index is 5.99. The summed E-state index contributed by atoms with van der Waals surface area (Å²) < 4.78 is 0. The Morgan fingerprint density at radius 1 is 1.50 bits per heavy atom. The van der Waals surface area contributed by atoms with Crippen LogP contribution in [-0.4, -0.2) is 23.5 Å². The molecule has 14 heavy (non-hydrogen) atoms. The predicted molar refractivity (Wildman–Crippen MR) is 59.9 cm³/mol. The molecule has 0 amide bonds. The first-order valence-corrected chi connectivity index (χ1v) is 5.59. The maximum Gasteiger partial charge on any atom is 0.0451 e. The van der Waals surface area contributed by atoms with Gasteiger partial charge in [0.2, 0.25) is 0 Å². The molecule has 1 fully saturated rings. The number of hydrogen-bond donors (Lipinski definition) is 0. The van der Waals surface area contributed by atoms with Gasteiger partial charge in [-0.25, -0.2) is 0 Å². The molecule has 0 radical (unpaired) electrons. The van der Waals surface area contributed by atoms with E-state index in [9.17, 15) is 0 Å². The van der Waals surface area contributed by atoms with Gasteiger partial charge in [-0.2, -0.15) is 0 Å². The highest BCUT2D eigenvalue weighted by Gasteiger charge is 2.30. The zero-order chi connectivity index (χ0) is 9.97. The number of nitrogens with zero attached hydrogens (tertiary/aromatic N) is 2. The third-order valence-corrected chi connectivity index (χ3v) is 3.35. The lowest BCUT2D eigenvalue weighted by Crippen LogP contribution is -2.33. The van der Waals surface area contributed by atoms with Gasteiger partial charge < -0.3 is 4.90 Å². The van der Waals surface area contributed by atoms with Crippen LogP contribution in [0.1, 0.15) is 13.3 Å². The number of hydrogen-bond acceptors (Lipinski definition) is 2. The highest BCUT2D eigenvalue weighted by Crippen LogP contribution is 2.29. The Hall–Kier alpha value is -0.760. The summed E-state index contributed by atoms with van der Waals surface area (Å²) in [6.45, 7) is 3.39. The fourth-order valence-electron chi connectivity index (χ4n) is 2.10. The highest BCUT2D eigenvalue weighted by molar-refractivity contribution is 6.18. The van der Waals surface area contributed by atoms with Gasteiger partial charge in [0.25, 0.3) is 0 Å². The third kappa shape index (κ3) is 1.71. The number of aromatic nitrogens is 1. The van der Waals surface area contributed by atoms with Gasteiger partial charge in [0, 0.05) is 36.5 Å². The summed E-state index contributed by atoms with van der Waals surface area (Å²) in [4.78, 5) is 6.42. The molecule has 1 saturated heterocycles. The molecule has 3 heteroatoms. The Labute approximate surface area is 89.9 Å². The summed E-state index contributed by atoms with van der Waals surface area (Å²) >= 11 is 5.99. The number of pyridine rings is 1. The van der Waals surface area contributed by atoms with E-state index in [0.717, 1.165) is 6.54 Å². The van der Waals surface area contributed by atoms with Crippen LogP contribution in [0.4, 0.5) is 5.69 Å². The van der Waals surface area contributed by atoms with Gasteiger partial charge >= 0.3 is 0 Å². The molecule has 2 atom stereocenters. The molecule has 0 spiro atoms. The summed E-state index contributed by atoms with van der Waals surface area (Å²) in [6.07, 6.45) is 4.91. The Bertz CT molecular complexity index is 289. The molecule has 1 aromatic rings. The average Bonchev–Trinajstić information content (AvgIpc) is 2.61. The molecule has 1 aromatic heterocycles. The summed E-state index contributed by atoms with van der Waals surface area (Å²) in [5.41, 5.74) is 1.25. The van der Waals surface area contributed by atoms with E-state index in [1.165, 1.54) is 12.1 Å². The van der Waals surface area contributed by atoms with E-state index in [-0.39, 0.29) is 0 Å². The van der Waals surface area contributed by atoms with Crippen molar-refractivity contribution < 1.29 is 0 Å². The summed E-state index contributed by atoms with van der Waals surface area (Å²) in [5, 5.41) is 0. The molecule has 0 bridgehead atoms. The molecule has 2 unspecified atom stereocenters. The Morgan fingerprint density at radius 3 is 2.86 bits per heavy atom. The van der Waals surface area contributed by atoms with Crippen molar-refractivity contribution in [3.8, 4) is 0 Å². The summed E-state index contributed by atoms with van der Waals surface area (Å²) in [5.74, 6) is 1.41. The van der Waals surface area contributed by atoms with Gasteiger partial charge in [0.15, 0.2) is 0 Å².